The topological polar surface area (TPSA) is 59.1 Å². The number of halogens is 1. The molecule has 4 rings (SSSR count). The zero-order valence-corrected chi connectivity index (χ0v) is 15.8. The van der Waals surface area contributed by atoms with Gasteiger partial charge in [0.2, 0.25) is 0 Å². The van der Waals surface area contributed by atoms with Crippen molar-refractivity contribution in [2.45, 2.75) is 6.10 Å². The molecule has 0 aromatic heterocycles. The van der Waals surface area contributed by atoms with E-state index in [1.807, 2.05) is 0 Å². The van der Waals surface area contributed by atoms with E-state index in [0.717, 1.165) is 0 Å². The third-order valence-electron chi connectivity index (χ3n) is 4.95. The number of hydrogen-bond acceptors (Lipinski definition) is 4. The van der Waals surface area contributed by atoms with Crippen LogP contribution in [0.2, 0.25) is 0 Å². The van der Waals surface area contributed by atoms with Crippen LogP contribution >= 0.6 is 0 Å². The SMILES string of the molecule is O=C(C1CN(C(=O)/C=C/c2ccccc2F)c2ccccc2O1)N1CCOCC1. The summed E-state index contributed by atoms with van der Waals surface area (Å²) in [6, 6.07) is 13.3. The Labute approximate surface area is 168 Å². The molecule has 0 radical (unpaired) electrons. The van der Waals surface area contributed by atoms with Gasteiger partial charge in [0.1, 0.15) is 11.6 Å². The largest absolute Gasteiger partial charge is 0.476 e. The van der Waals surface area contributed by atoms with E-state index in [1.165, 1.54) is 23.1 Å². The summed E-state index contributed by atoms with van der Waals surface area (Å²) in [7, 11) is 0. The first kappa shape index (κ1) is 19.1. The summed E-state index contributed by atoms with van der Waals surface area (Å²) in [6.07, 6.45) is 1.96. The van der Waals surface area contributed by atoms with E-state index < -0.39 is 11.9 Å². The van der Waals surface area contributed by atoms with E-state index in [4.69, 9.17) is 9.47 Å². The van der Waals surface area contributed by atoms with E-state index in [2.05, 4.69) is 0 Å². The Morgan fingerprint density at radius 1 is 1.03 bits per heavy atom. The Morgan fingerprint density at radius 2 is 1.76 bits per heavy atom. The molecule has 1 unspecified atom stereocenters. The molecule has 6 nitrogen and oxygen atoms in total. The second kappa shape index (κ2) is 8.45. The van der Waals surface area contributed by atoms with Crippen molar-refractivity contribution >= 4 is 23.6 Å². The van der Waals surface area contributed by atoms with Gasteiger partial charge in [0.25, 0.3) is 11.8 Å². The van der Waals surface area contributed by atoms with Crippen molar-refractivity contribution in [2.24, 2.45) is 0 Å². The van der Waals surface area contributed by atoms with Crippen LogP contribution in [0.15, 0.2) is 54.6 Å². The molecule has 150 valence electrons. The summed E-state index contributed by atoms with van der Waals surface area (Å²) in [4.78, 5) is 29.0. The molecule has 1 saturated heterocycles. The standard InChI is InChI=1S/C22H21FN2O4/c23-17-6-2-1-5-16(17)9-10-21(26)25-15-20(22(27)24-11-13-28-14-12-24)29-19-8-4-3-7-18(19)25/h1-10,20H,11-15H2/b10-9+. The molecule has 2 aromatic rings. The van der Waals surface area contributed by atoms with E-state index in [9.17, 15) is 14.0 Å². The monoisotopic (exact) mass is 396 g/mol. The first-order valence-corrected chi connectivity index (χ1v) is 9.50. The second-order valence-electron chi connectivity index (χ2n) is 6.82. The fraction of sp³-hybridized carbons (Fsp3) is 0.273. The van der Waals surface area contributed by atoms with Gasteiger partial charge in [-0.3, -0.25) is 9.59 Å². The molecule has 0 aliphatic carbocycles. The Bertz CT molecular complexity index is 940. The lowest BCUT2D eigenvalue weighted by Gasteiger charge is -2.37. The molecule has 7 heteroatoms. The van der Waals surface area contributed by atoms with Gasteiger partial charge in [0, 0.05) is 24.7 Å². The van der Waals surface area contributed by atoms with Gasteiger partial charge in [-0.25, -0.2) is 4.39 Å². The fourth-order valence-electron chi connectivity index (χ4n) is 3.42. The minimum Gasteiger partial charge on any atom is -0.476 e. The molecule has 0 N–H and O–H groups in total. The quantitative estimate of drug-likeness (QED) is 0.748. The van der Waals surface area contributed by atoms with Crippen molar-refractivity contribution in [3.8, 4) is 5.75 Å². The van der Waals surface area contributed by atoms with Gasteiger partial charge < -0.3 is 19.3 Å². The van der Waals surface area contributed by atoms with Crippen LogP contribution in [0.4, 0.5) is 10.1 Å². The molecule has 0 bridgehead atoms. The van der Waals surface area contributed by atoms with E-state index in [-0.39, 0.29) is 18.4 Å². The number of rotatable bonds is 3. The Balaban J connectivity index is 1.57. The number of carbonyl (C=O) groups excluding carboxylic acids is 2. The van der Waals surface area contributed by atoms with E-state index in [0.29, 0.717) is 43.3 Å². The molecule has 2 heterocycles. The first-order chi connectivity index (χ1) is 14.1. The number of ether oxygens (including phenoxy) is 2. The van der Waals surface area contributed by atoms with Crippen LogP contribution in [0.25, 0.3) is 6.08 Å². The van der Waals surface area contributed by atoms with Crippen LogP contribution in [0.1, 0.15) is 5.56 Å². The number of morpholine rings is 1. The van der Waals surface area contributed by atoms with Gasteiger partial charge in [-0.1, -0.05) is 30.3 Å². The summed E-state index contributed by atoms with van der Waals surface area (Å²) in [5.74, 6) is -0.445. The van der Waals surface area contributed by atoms with Crippen molar-refractivity contribution < 1.29 is 23.5 Å². The molecule has 2 amide bonds. The predicted octanol–water partition coefficient (Wildman–Crippen LogP) is 2.49. The number of hydrogen-bond donors (Lipinski definition) is 0. The van der Waals surface area contributed by atoms with Crippen molar-refractivity contribution in [2.75, 3.05) is 37.7 Å². The van der Waals surface area contributed by atoms with Gasteiger partial charge in [0.15, 0.2) is 6.10 Å². The highest BCUT2D eigenvalue weighted by atomic mass is 19.1. The normalized spacial score (nSPS) is 19.0. The van der Waals surface area contributed by atoms with Crippen molar-refractivity contribution in [3.63, 3.8) is 0 Å². The predicted molar refractivity (Wildman–Crippen MR) is 106 cm³/mol. The minimum atomic E-state index is -0.797. The lowest BCUT2D eigenvalue weighted by Crippen LogP contribution is -2.53. The zero-order chi connectivity index (χ0) is 20.2. The number of anilines is 1. The van der Waals surface area contributed by atoms with Crippen molar-refractivity contribution in [1.29, 1.82) is 0 Å². The number of nitrogens with zero attached hydrogens (tertiary/aromatic N) is 2. The third kappa shape index (κ3) is 4.14. The smallest absolute Gasteiger partial charge is 0.265 e. The molecular weight excluding hydrogens is 375 g/mol. The van der Waals surface area contributed by atoms with Crippen LogP contribution in [-0.2, 0) is 14.3 Å². The number of benzene rings is 2. The lowest BCUT2D eigenvalue weighted by atomic mass is 10.1. The molecule has 1 atom stereocenters. The zero-order valence-electron chi connectivity index (χ0n) is 15.8. The molecular formula is C22H21FN2O4. The maximum Gasteiger partial charge on any atom is 0.265 e. The van der Waals surface area contributed by atoms with E-state index in [1.54, 1.807) is 47.4 Å². The molecule has 29 heavy (non-hydrogen) atoms. The van der Waals surface area contributed by atoms with E-state index >= 15 is 0 Å². The Hall–Kier alpha value is -3.19. The summed E-state index contributed by atoms with van der Waals surface area (Å²) in [6.45, 7) is 2.07. The summed E-state index contributed by atoms with van der Waals surface area (Å²) < 4.78 is 25.0. The highest BCUT2D eigenvalue weighted by molar-refractivity contribution is 6.05. The first-order valence-electron chi connectivity index (χ1n) is 9.50. The van der Waals surface area contributed by atoms with Crippen LogP contribution in [-0.4, -0.2) is 55.7 Å². The van der Waals surface area contributed by atoms with Gasteiger partial charge in [-0.15, -0.1) is 0 Å². The lowest BCUT2D eigenvalue weighted by molar-refractivity contribution is -0.142. The number of fused-ring (bicyclic) bond motifs is 1. The summed E-state index contributed by atoms with van der Waals surface area (Å²) in [5.41, 5.74) is 0.907. The van der Waals surface area contributed by atoms with Gasteiger partial charge in [-0.05, 0) is 24.3 Å². The average Bonchev–Trinajstić information content (AvgIpc) is 2.77. The summed E-state index contributed by atoms with van der Waals surface area (Å²) >= 11 is 0. The molecule has 2 aromatic carbocycles. The molecule has 1 fully saturated rings. The summed E-state index contributed by atoms with van der Waals surface area (Å²) in [5, 5.41) is 0. The maximum atomic E-state index is 13.8. The molecule has 0 spiro atoms. The van der Waals surface area contributed by atoms with Gasteiger partial charge >= 0.3 is 0 Å². The number of amides is 2. The number of para-hydroxylation sites is 2. The van der Waals surface area contributed by atoms with Crippen LogP contribution < -0.4 is 9.64 Å². The maximum absolute atomic E-state index is 13.8. The average molecular weight is 396 g/mol. The van der Waals surface area contributed by atoms with Gasteiger partial charge in [0.05, 0.1) is 25.4 Å². The third-order valence-corrected chi connectivity index (χ3v) is 4.95. The molecule has 2 aliphatic heterocycles. The van der Waals surface area contributed by atoms with Crippen LogP contribution in [0, 0.1) is 5.82 Å². The van der Waals surface area contributed by atoms with Crippen molar-refractivity contribution in [1.82, 2.24) is 4.90 Å². The second-order valence-corrected chi connectivity index (χ2v) is 6.82. The van der Waals surface area contributed by atoms with Gasteiger partial charge in [-0.2, -0.15) is 0 Å². The highest BCUT2D eigenvalue weighted by Gasteiger charge is 2.35. The minimum absolute atomic E-state index is 0.0909. The Morgan fingerprint density at radius 3 is 2.55 bits per heavy atom. The fourth-order valence-corrected chi connectivity index (χ4v) is 3.42. The molecule has 2 aliphatic rings. The molecule has 0 saturated carbocycles. The van der Waals surface area contributed by atoms with Crippen LogP contribution in [0.3, 0.4) is 0 Å². The number of carbonyl (C=O) groups is 2. The van der Waals surface area contributed by atoms with Crippen LogP contribution in [0.5, 0.6) is 5.75 Å². The highest BCUT2D eigenvalue weighted by Crippen LogP contribution is 2.34. The Kier molecular flexibility index (Phi) is 5.57. The van der Waals surface area contributed by atoms with Crippen molar-refractivity contribution in [3.05, 3.63) is 66.0 Å².